The van der Waals surface area contributed by atoms with Crippen molar-refractivity contribution < 1.29 is 14.2 Å². The fraction of sp³-hybridized carbons (Fsp3) is 0.261. The van der Waals surface area contributed by atoms with Crippen molar-refractivity contribution in [3.8, 4) is 39.5 Å². The van der Waals surface area contributed by atoms with Gasteiger partial charge in [-0.15, -0.1) is 0 Å². The van der Waals surface area contributed by atoms with Gasteiger partial charge in [0.05, 0.1) is 19.8 Å². The molecule has 0 aliphatic carbocycles. The van der Waals surface area contributed by atoms with Gasteiger partial charge in [0.25, 0.3) is 0 Å². The maximum absolute atomic E-state index is 6.90. The van der Waals surface area contributed by atoms with E-state index in [1.54, 1.807) is 0 Å². The van der Waals surface area contributed by atoms with Gasteiger partial charge in [0.2, 0.25) is 5.75 Å². The van der Waals surface area contributed by atoms with Gasteiger partial charge in [0, 0.05) is 22.3 Å². The van der Waals surface area contributed by atoms with Gasteiger partial charge in [0.1, 0.15) is 0 Å². The van der Waals surface area contributed by atoms with Crippen LogP contribution < -0.4 is 14.2 Å². The van der Waals surface area contributed by atoms with E-state index in [9.17, 15) is 0 Å². The number of unbranched alkanes of at least 4 members (excludes halogenated alkanes) is 3. The first-order valence-corrected chi connectivity index (χ1v) is 18.1. The predicted octanol–water partition coefficient (Wildman–Crippen LogP) is 13.2. The Balaban J connectivity index is 1.66. The van der Waals surface area contributed by atoms with Crippen LogP contribution in [0.3, 0.4) is 0 Å². The molecular formula is C46H46O3. The standard InChI is InChI=1S/C46H46O3/c1-4-7-26-47-44-40(42-36-22-14-10-18-32(36)29-33-19-11-15-23-37(33)42)31-41(45(48-27-8-5-2)46(44)49-28-9-6-3)43-38-24-16-12-20-34(38)30-35-21-13-17-25-39(35)43/h10-25,29-31H,4-9,26-28H2,1-3H3. The van der Waals surface area contributed by atoms with Gasteiger partial charge in [-0.05, 0) is 80.6 Å². The summed E-state index contributed by atoms with van der Waals surface area (Å²) in [4.78, 5) is 0. The van der Waals surface area contributed by atoms with Crippen molar-refractivity contribution in [1.29, 1.82) is 0 Å². The van der Waals surface area contributed by atoms with Gasteiger partial charge in [0.15, 0.2) is 11.5 Å². The zero-order chi connectivity index (χ0) is 33.6. The lowest BCUT2D eigenvalue weighted by atomic mass is 9.86. The largest absolute Gasteiger partial charge is 0.489 e. The Kier molecular flexibility index (Phi) is 9.98. The Labute approximate surface area is 290 Å². The van der Waals surface area contributed by atoms with Crippen LogP contribution in [0.1, 0.15) is 59.3 Å². The number of hydrogen-bond acceptors (Lipinski definition) is 3. The summed E-state index contributed by atoms with van der Waals surface area (Å²) in [7, 11) is 0. The number of ether oxygens (including phenoxy) is 3. The second kappa shape index (κ2) is 15.0. The minimum atomic E-state index is 0.584. The first kappa shape index (κ1) is 32.5. The summed E-state index contributed by atoms with van der Waals surface area (Å²) in [5.41, 5.74) is 4.38. The number of benzene rings is 7. The van der Waals surface area contributed by atoms with Crippen LogP contribution in [0.25, 0.3) is 65.3 Å². The molecule has 0 N–H and O–H groups in total. The second-order valence-electron chi connectivity index (χ2n) is 13.0. The molecule has 0 saturated carbocycles. The van der Waals surface area contributed by atoms with E-state index in [1.807, 2.05) is 0 Å². The molecule has 0 bridgehead atoms. The monoisotopic (exact) mass is 646 g/mol. The molecule has 0 saturated heterocycles. The maximum Gasteiger partial charge on any atom is 0.204 e. The van der Waals surface area contributed by atoms with Crippen LogP contribution in [0.15, 0.2) is 115 Å². The van der Waals surface area contributed by atoms with E-state index in [2.05, 4.69) is 136 Å². The van der Waals surface area contributed by atoms with E-state index < -0.39 is 0 Å². The summed E-state index contributed by atoms with van der Waals surface area (Å²) in [6, 6.07) is 41.8. The highest BCUT2D eigenvalue weighted by Crippen LogP contribution is 2.55. The first-order chi connectivity index (χ1) is 24.2. The Hall–Kier alpha value is -5.02. The topological polar surface area (TPSA) is 27.7 Å². The normalized spacial score (nSPS) is 11.5. The fourth-order valence-corrected chi connectivity index (χ4v) is 6.98. The molecule has 0 atom stereocenters. The minimum absolute atomic E-state index is 0.584. The average molecular weight is 647 g/mol. The maximum atomic E-state index is 6.90. The smallest absolute Gasteiger partial charge is 0.204 e. The van der Waals surface area contributed by atoms with Crippen LogP contribution >= 0.6 is 0 Å². The third-order valence-electron chi connectivity index (χ3n) is 9.50. The van der Waals surface area contributed by atoms with Crippen LogP contribution in [0.5, 0.6) is 17.2 Å². The van der Waals surface area contributed by atoms with Crippen molar-refractivity contribution in [3.05, 3.63) is 115 Å². The molecule has 49 heavy (non-hydrogen) atoms. The fourth-order valence-electron chi connectivity index (χ4n) is 6.98. The number of rotatable bonds is 14. The molecule has 248 valence electrons. The summed E-state index contributed by atoms with van der Waals surface area (Å²) in [6.07, 6.45) is 5.96. The quantitative estimate of drug-likeness (QED) is 0.0869. The molecule has 0 aromatic heterocycles. The van der Waals surface area contributed by atoms with Gasteiger partial charge in [-0.3, -0.25) is 0 Å². The Morgan fingerprint density at radius 1 is 0.367 bits per heavy atom. The third-order valence-corrected chi connectivity index (χ3v) is 9.50. The molecule has 0 amide bonds. The molecule has 0 spiro atoms. The highest BCUT2D eigenvalue weighted by Gasteiger charge is 2.28. The minimum Gasteiger partial charge on any atom is -0.489 e. The van der Waals surface area contributed by atoms with Gasteiger partial charge in [-0.2, -0.15) is 0 Å². The van der Waals surface area contributed by atoms with Crippen LogP contribution in [-0.2, 0) is 0 Å². The zero-order valence-corrected chi connectivity index (χ0v) is 29.1. The van der Waals surface area contributed by atoms with Crippen molar-refractivity contribution in [2.75, 3.05) is 19.8 Å². The van der Waals surface area contributed by atoms with Crippen LogP contribution in [0, 0.1) is 0 Å². The summed E-state index contributed by atoms with van der Waals surface area (Å²) >= 11 is 0. The Morgan fingerprint density at radius 2 is 0.673 bits per heavy atom. The molecule has 7 aromatic carbocycles. The lowest BCUT2D eigenvalue weighted by Gasteiger charge is -2.25. The molecule has 0 aliphatic rings. The summed E-state index contributed by atoms with van der Waals surface area (Å²) in [6.45, 7) is 8.39. The molecule has 0 unspecified atom stereocenters. The average Bonchev–Trinajstić information content (AvgIpc) is 3.14. The lowest BCUT2D eigenvalue weighted by molar-refractivity contribution is 0.238. The molecule has 7 aromatic rings. The lowest BCUT2D eigenvalue weighted by Crippen LogP contribution is -2.08. The molecule has 3 heteroatoms. The van der Waals surface area contributed by atoms with E-state index >= 15 is 0 Å². The zero-order valence-electron chi connectivity index (χ0n) is 29.1. The summed E-state index contributed by atoms with van der Waals surface area (Å²) in [5, 5.41) is 9.55. The Morgan fingerprint density at radius 3 is 1.00 bits per heavy atom. The van der Waals surface area contributed by atoms with Crippen molar-refractivity contribution in [2.45, 2.75) is 59.3 Å². The van der Waals surface area contributed by atoms with Crippen molar-refractivity contribution >= 4 is 43.1 Å². The Bertz CT molecular complexity index is 1970. The first-order valence-electron chi connectivity index (χ1n) is 18.1. The van der Waals surface area contributed by atoms with E-state index in [-0.39, 0.29) is 0 Å². The molecule has 0 heterocycles. The molecule has 0 fully saturated rings. The van der Waals surface area contributed by atoms with Gasteiger partial charge in [-0.25, -0.2) is 0 Å². The molecule has 0 aliphatic heterocycles. The predicted molar refractivity (Wildman–Crippen MR) is 209 cm³/mol. The highest BCUT2D eigenvalue weighted by molar-refractivity contribution is 6.17. The van der Waals surface area contributed by atoms with E-state index in [1.165, 1.54) is 43.1 Å². The third kappa shape index (κ3) is 6.43. The number of fused-ring (bicyclic) bond motifs is 4. The van der Waals surface area contributed by atoms with Crippen molar-refractivity contribution in [3.63, 3.8) is 0 Å². The molecular weight excluding hydrogens is 601 g/mol. The van der Waals surface area contributed by atoms with E-state index in [0.717, 1.165) is 72.3 Å². The van der Waals surface area contributed by atoms with Crippen molar-refractivity contribution in [1.82, 2.24) is 0 Å². The van der Waals surface area contributed by atoms with Gasteiger partial charge < -0.3 is 14.2 Å². The van der Waals surface area contributed by atoms with E-state index in [0.29, 0.717) is 25.6 Å². The van der Waals surface area contributed by atoms with Gasteiger partial charge in [-0.1, -0.05) is 137 Å². The molecule has 3 nitrogen and oxygen atoms in total. The summed E-state index contributed by atoms with van der Waals surface area (Å²) < 4.78 is 20.7. The van der Waals surface area contributed by atoms with Crippen LogP contribution in [0.2, 0.25) is 0 Å². The van der Waals surface area contributed by atoms with Crippen molar-refractivity contribution in [2.24, 2.45) is 0 Å². The van der Waals surface area contributed by atoms with E-state index in [4.69, 9.17) is 14.2 Å². The van der Waals surface area contributed by atoms with Gasteiger partial charge >= 0.3 is 0 Å². The molecule has 0 radical (unpaired) electrons. The van der Waals surface area contributed by atoms with Crippen LogP contribution in [-0.4, -0.2) is 19.8 Å². The number of hydrogen-bond donors (Lipinski definition) is 0. The summed E-state index contributed by atoms with van der Waals surface area (Å²) in [5.74, 6) is 2.25. The molecule has 7 rings (SSSR count). The SMILES string of the molecule is CCCCOc1c(-c2c3ccccc3cc3ccccc23)cc(-c2c3ccccc3cc3ccccc23)c(OCCCC)c1OCCCC. The highest BCUT2D eigenvalue weighted by atomic mass is 16.5. The second-order valence-corrected chi connectivity index (χ2v) is 13.0. The van der Waals surface area contributed by atoms with Crippen LogP contribution in [0.4, 0.5) is 0 Å².